The van der Waals surface area contributed by atoms with Crippen molar-refractivity contribution in [1.29, 1.82) is 0 Å². The van der Waals surface area contributed by atoms with E-state index in [1.165, 1.54) is 0 Å². The first-order valence-corrected chi connectivity index (χ1v) is 4.21. The summed E-state index contributed by atoms with van der Waals surface area (Å²) in [6.45, 7) is 0.0959. The Hall–Kier alpha value is -1.84. The van der Waals surface area contributed by atoms with E-state index in [0.717, 1.165) is 5.56 Å². The smallest absolute Gasteiger partial charge is 0.306 e. The molecule has 0 aromatic heterocycles. The highest BCUT2D eigenvalue weighted by Crippen LogP contribution is 1.94. The van der Waals surface area contributed by atoms with Crippen LogP contribution < -0.4 is 0 Å². The fourth-order valence-corrected chi connectivity index (χ4v) is 0.823. The van der Waals surface area contributed by atoms with Crippen molar-refractivity contribution < 1.29 is 14.7 Å². The number of rotatable bonds is 5. The van der Waals surface area contributed by atoms with Gasteiger partial charge in [0, 0.05) is 0 Å². The molecular weight excluding hydrogens is 182 g/mol. The maximum atomic E-state index is 10.1. The van der Waals surface area contributed by atoms with E-state index in [2.05, 4.69) is 5.16 Å². The molecule has 0 aliphatic heterocycles. The Labute approximate surface area is 81.8 Å². The summed E-state index contributed by atoms with van der Waals surface area (Å²) in [6, 6.07) is 9.44. The molecule has 0 bridgehead atoms. The Morgan fingerprint density at radius 2 is 2.14 bits per heavy atom. The lowest BCUT2D eigenvalue weighted by atomic mass is 10.2. The van der Waals surface area contributed by atoms with Gasteiger partial charge < -0.3 is 9.94 Å². The third-order valence-corrected chi connectivity index (χ3v) is 1.48. The minimum atomic E-state index is -0.889. The lowest BCUT2D eigenvalue weighted by Crippen LogP contribution is -1.99. The first-order valence-electron chi connectivity index (χ1n) is 4.21. The van der Waals surface area contributed by atoms with Crippen molar-refractivity contribution in [3.8, 4) is 0 Å². The molecule has 0 amide bonds. The third kappa shape index (κ3) is 4.25. The van der Waals surface area contributed by atoms with Gasteiger partial charge in [-0.3, -0.25) is 4.79 Å². The maximum absolute atomic E-state index is 10.1. The molecule has 0 radical (unpaired) electrons. The lowest BCUT2D eigenvalue weighted by molar-refractivity contribution is -0.138. The average Bonchev–Trinajstić information content (AvgIpc) is 2.18. The molecule has 0 saturated carbocycles. The standard InChI is InChI=1S/C10H11NO3/c12-10(13)6-7-14-11-8-9-4-2-1-3-5-9/h1-5,8H,6-7H2,(H,12,13)/b11-8+. The van der Waals surface area contributed by atoms with Crippen molar-refractivity contribution in [2.75, 3.05) is 6.61 Å². The van der Waals surface area contributed by atoms with E-state index < -0.39 is 5.97 Å². The molecule has 0 fully saturated rings. The zero-order valence-corrected chi connectivity index (χ0v) is 7.59. The lowest BCUT2D eigenvalue weighted by Gasteiger charge is -1.94. The minimum Gasteiger partial charge on any atom is -0.481 e. The average molecular weight is 193 g/mol. The van der Waals surface area contributed by atoms with E-state index in [1.807, 2.05) is 30.3 Å². The SMILES string of the molecule is O=C(O)CCO/N=C/c1ccccc1. The van der Waals surface area contributed by atoms with Crippen LogP contribution in [-0.4, -0.2) is 23.9 Å². The molecule has 1 aromatic rings. The predicted molar refractivity (Wildman–Crippen MR) is 52.2 cm³/mol. The van der Waals surface area contributed by atoms with Crippen LogP contribution in [0.4, 0.5) is 0 Å². The summed E-state index contributed by atoms with van der Waals surface area (Å²) < 4.78 is 0. The van der Waals surface area contributed by atoms with Crippen LogP contribution in [-0.2, 0) is 9.63 Å². The van der Waals surface area contributed by atoms with Crippen molar-refractivity contribution in [3.05, 3.63) is 35.9 Å². The van der Waals surface area contributed by atoms with E-state index in [-0.39, 0.29) is 13.0 Å². The maximum Gasteiger partial charge on any atom is 0.306 e. The first-order chi connectivity index (χ1) is 6.79. The van der Waals surface area contributed by atoms with Gasteiger partial charge >= 0.3 is 5.97 Å². The van der Waals surface area contributed by atoms with Crippen LogP contribution in [0.5, 0.6) is 0 Å². The molecule has 74 valence electrons. The van der Waals surface area contributed by atoms with E-state index in [4.69, 9.17) is 9.94 Å². The quantitative estimate of drug-likeness (QED) is 0.438. The molecule has 0 atom stereocenters. The molecule has 1 aromatic carbocycles. The van der Waals surface area contributed by atoms with Gasteiger partial charge in [-0.2, -0.15) is 0 Å². The summed E-state index contributed by atoms with van der Waals surface area (Å²) >= 11 is 0. The van der Waals surface area contributed by atoms with Crippen molar-refractivity contribution >= 4 is 12.2 Å². The number of carboxylic acid groups (broad SMARTS) is 1. The Kier molecular flexibility index (Phi) is 4.20. The van der Waals surface area contributed by atoms with Crippen molar-refractivity contribution in [1.82, 2.24) is 0 Å². The molecule has 0 spiro atoms. The van der Waals surface area contributed by atoms with Gasteiger partial charge in [0.15, 0.2) is 0 Å². The molecule has 0 unspecified atom stereocenters. The number of carboxylic acids is 1. The van der Waals surface area contributed by atoms with Gasteiger partial charge in [-0.05, 0) is 5.56 Å². The van der Waals surface area contributed by atoms with Crippen LogP contribution >= 0.6 is 0 Å². The molecule has 14 heavy (non-hydrogen) atoms. The molecule has 0 aliphatic rings. The molecule has 1 N–H and O–H groups in total. The van der Waals surface area contributed by atoms with Crippen LogP contribution in [0.2, 0.25) is 0 Å². The molecule has 0 aliphatic carbocycles. The fraction of sp³-hybridized carbons (Fsp3) is 0.200. The van der Waals surface area contributed by atoms with Gasteiger partial charge in [-0.25, -0.2) is 0 Å². The number of oxime groups is 1. The second kappa shape index (κ2) is 5.75. The largest absolute Gasteiger partial charge is 0.481 e. The minimum absolute atomic E-state index is 0.0356. The fourth-order valence-electron chi connectivity index (χ4n) is 0.823. The van der Waals surface area contributed by atoms with Crippen LogP contribution in [0.25, 0.3) is 0 Å². The summed E-state index contributed by atoms with van der Waals surface area (Å²) in [5.74, 6) is -0.889. The second-order valence-electron chi connectivity index (χ2n) is 2.62. The van der Waals surface area contributed by atoms with Gasteiger partial charge in [-0.1, -0.05) is 35.5 Å². The zero-order valence-electron chi connectivity index (χ0n) is 7.59. The highest BCUT2D eigenvalue weighted by Gasteiger charge is 1.94. The number of carbonyl (C=O) groups is 1. The third-order valence-electron chi connectivity index (χ3n) is 1.48. The van der Waals surface area contributed by atoms with E-state index in [1.54, 1.807) is 6.21 Å². The summed E-state index contributed by atoms with van der Waals surface area (Å²) in [5, 5.41) is 11.9. The van der Waals surface area contributed by atoms with Gasteiger partial charge in [0.1, 0.15) is 6.61 Å². The molecule has 4 heteroatoms. The van der Waals surface area contributed by atoms with Gasteiger partial charge in [0.2, 0.25) is 0 Å². The zero-order chi connectivity index (χ0) is 10.2. The molecule has 4 nitrogen and oxygen atoms in total. The van der Waals surface area contributed by atoms with Crippen LogP contribution in [0.1, 0.15) is 12.0 Å². The van der Waals surface area contributed by atoms with E-state index >= 15 is 0 Å². The number of aliphatic carboxylic acids is 1. The Balaban J connectivity index is 2.25. The topological polar surface area (TPSA) is 58.9 Å². The number of hydrogen-bond donors (Lipinski definition) is 1. The summed E-state index contributed by atoms with van der Waals surface area (Å²) in [5.41, 5.74) is 0.919. The normalized spacial score (nSPS) is 10.3. The number of benzene rings is 1. The van der Waals surface area contributed by atoms with Crippen molar-refractivity contribution in [2.45, 2.75) is 6.42 Å². The molecule has 1 rings (SSSR count). The Morgan fingerprint density at radius 1 is 1.43 bits per heavy atom. The van der Waals surface area contributed by atoms with Crippen molar-refractivity contribution in [3.63, 3.8) is 0 Å². The second-order valence-corrected chi connectivity index (χ2v) is 2.62. The number of hydrogen-bond acceptors (Lipinski definition) is 3. The summed E-state index contributed by atoms with van der Waals surface area (Å²) in [4.78, 5) is 14.8. The van der Waals surface area contributed by atoms with Gasteiger partial charge in [-0.15, -0.1) is 0 Å². The highest BCUT2D eigenvalue weighted by molar-refractivity contribution is 5.78. The Morgan fingerprint density at radius 3 is 2.79 bits per heavy atom. The van der Waals surface area contributed by atoms with E-state index in [0.29, 0.717) is 0 Å². The van der Waals surface area contributed by atoms with Crippen LogP contribution in [0.3, 0.4) is 0 Å². The molecular formula is C10H11NO3. The van der Waals surface area contributed by atoms with Gasteiger partial charge in [0.05, 0.1) is 12.6 Å². The summed E-state index contributed by atoms with van der Waals surface area (Å²) in [6.07, 6.45) is 1.51. The first kappa shape index (κ1) is 10.2. The predicted octanol–water partition coefficient (Wildman–Crippen LogP) is 1.51. The van der Waals surface area contributed by atoms with Gasteiger partial charge in [0.25, 0.3) is 0 Å². The monoisotopic (exact) mass is 193 g/mol. The van der Waals surface area contributed by atoms with Crippen LogP contribution in [0.15, 0.2) is 35.5 Å². The number of nitrogens with zero attached hydrogens (tertiary/aromatic N) is 1. The van der Waals surface area contributed by atoms with Crippen LogP contribution in [0, 0.1) is 0 Å². The highest BCUT2D eigenvalue weighted by atomic mass is 16.6. The molecule has 0 heterocycles. The summed E-state index contributed by atoms with van der Waals surface area (Å²) in [7, 11) is 0. The van der Waals surface area contributed by atoms with Crippen molar-refractivity contribution in [2.24, 2.45) is 5.16 Å². The Bertz CT molecular complexity index is 308. The molecule has 0 saturated heterocycles. The van der Waals surface area contributed by atoms with E-state index in [9.17, 15) is 4.79 Å².